The van der Waals surface area contributed by atoms with Gasteiger partial charge in [-0.1, -0.05) is 12.1 Å². The molecule has 0 atom stereocenters. The summed E-state index contributed by atoms with van der Waals surface area (Å²) in [5.41, 5.74) is 0.684. The highest BCUT2D eigenvalue weighted by molar-refractivity contribution is 6.01. The Bertz CT molecular complexity index is 1010. The Morgan fingerprint density at radius 3 is 2.58 bits per heavy atom. The molecule has 0 radical (unpaired) electrons. The van der Waals surface area contributed by atoms with Crippen molar-refractivity contribution in [3.63, 3.8) is 0 Å². The van der Waals surface area contributed by atoms with Crippen LogP contribution in [0.3, 0.4) is 0 Å². The number of nitrogens with zero attached hydrogens (tertiary/aromatic N) is 4. The number of nitrogens with one attached hydrogen (secondary N) is 1. The molecule has 2 aromatic rings. The third kappa shape index (κ3) is 6.08. The first-order valence-electron chi connectivity index (χ1n) is 11.4. The molecular formula is C23H33N5O5. The molecule has 1 fully saturated rings. The minimum atomic E-state index is -0.457. The fourth-order valence-corrected chi connectivity index (χ4v) is 4.10. The van der Waals surface area contributed by atoms with E-state index in [2.05, 4.69) is 15.3 Å². The van der Waals surface area contributed by atoms with Gasteiger partial charge in [-0.3, -0.25) is 14.3 Å². The maximum atomic E-state index is 12.6. The third-order valence-electron chi connectivity index (χ3n) is 5.79. The van der Waals surface area contributed by atoms with Crippen molar-refractivity contribution >= 4 is 17.6 Å². The predicted molar refractivity (Wildman–Crippen MR) is 123 cm³/mol. The summed E-state index contributed by atoms with van der Waals surface area (Å²) in [7, 11) is 1.60. The van der Waals surface area contributed by atoms with Gasteiger partial charge in [0.25, 0.3) is 0 Å². The number of amides is 1. The highest BCUT2D eigenvalue weighted by Crippen LogP contribution is 2.26. The van der Waals surface area contributed by atoms with Crippen molar-refractivity contribution in [3.8, 4) is 0 Å². The molecule has 0 aliphatic carbocycles. The minimum absolute atomic E-state index is 0.105. The Kier molecular flexibility index (Phi) is 8.79. The average molecular weight is 460 g/mol. The Labute approximate surface area is 193 Å². The summed E-state index contributed by atoms with van der Waals surface area (Å²) in [6, 6.07) is 6.83. The first-order valence-corrected chi connectivity index (χ1v) is 11.4. The standard InChI is InChI=1S/C23H33N5O5/c1-4-27-21(25-28(23(27)31)14-15-32-3)17-10-12-26(13-11-17)16-20(29)24-19-9-7-6-8-18(19)22(30)33-5-2/h6-9,17H,4-5,10-16H2,1-3H3,(H,24,29). The van der Waals surface area contributed by atoms with Crippen LogP contribution >= 0.6 is 0 Å². The number of likely N-dealkylation sites (tertiary alicyclic amines) is 1. The van der Waals surface area contributed by atoms with Crippen LogP contribution in [0.5, 0.6) is 0 Å². The quantitative estimate of drug-likeness (QED) is 0.539. The Balaban J connectivity index is 1.58. The molecule has 1 aromatic heterocycles. The van der Waals surface area contributed by atoms with Gasteiger partial charge in [0.1, 0.15) is 5.82 Å². The van der Waals surface area contributed by atoms with E-state index in [-0.39, 0.29) is 30.7 Å². The maximum absolute atomic E-state index is 12.6. The van der Waals surface area contributed by atoms with Gasteiger partial charge in [-0.2, -0.15) is 5.10 Å². The van der Waals surface area contributed by atoms with E-state index in [0.29, 0.717) is 30.9 Å². The van der Waals surface area contributed by atoms with Crippen LogP contribution in [0.25, 0.3) is 0 Å². The summed E-state index contributed by atoms with van der Waals surface area (Å²) in [5.74, 6) is 0.344. The number of carbonyl (C=O) groups is 2. The molecule has 0 saturated carbocycles. The Hall–Kier alpha value is -2.98. The smallest absolute Gasteiger partial charge is 0.345 e. The van der Waals surface area contributed by atoms with Crippen LogP contribution < -0.4 is 11.0 Å². The maximum Gasteiger partial charge on any atom is 0.345 e. The molecule has 1 amide bonds. The fourth-order valence-electron chi connectivity index (χ4n) is 4.10. The summed E-state index contributed by atoms with van der Waals surface area (Å²) < 4.78 is 13.3. The molecule has 1 N–H and O–H groups in total. The highest BCUT2D eigenvalue weighted by atomic mass is 16.5. The second-order valence-corrected chi connectivity index (χ2v) is 7.97. The first kappa shape index (κ1) is 24.7. The number of methoxy groups -OCH3 is 1. The second kappa shape index (κ2) is 11.8. The molecule has 0 spiro atoms. The second-order valence-electron chi connectivity index (χ2n) is 7.97. The van der Waals surface area contributed by atoms with Crippen LogP contribution in [0.2, 0.25) is 0 Å². The van der Waals surface area contributed by atoms with Gasteiger partial charge in [-0.25, -0.2) is 14.3 Å². The zero-order valence-corrected chi connectivity index (χ0v) is 19.6. The van der Waals surface area contributed by atoms with Gasteiger partial charge in [0, 0.05) is 19.6 Å². The molecule has 1 aliphatic rings. The van der Waals surface area contributed by atoms with Crippen molar-refractivity contribution in [2.45, 2.75) is 45.7 Å². The van der Waals surface area contributed by atoms with E-state index < -0.39 is 5.97 Å². The van der Waals surface area contributed by atoms with Crippen molar-refractivity contribution in [1.29, 1.82) is 0 Å². The van der Waals surface area contributed by atoms with Crippen LogP contribution in [-0.2, 0) is 27.4 Å². The largest absolute Gasteiger partial charge is 0.462 e. The zero-order valence-electron chi connectivity index (χ0n) is 19.6. The number of piperidine rings is 1. The summed E-state index contributed by atoms with van der Waals surface area (Å²) in [6.07, 6.45) is 1.63. The minimum Gasteiger partial charge on any atom is -0.462 e. The molecule has 1 saturated heterocycles. The fraction of sp³-hybridized carbons (Fsp3) is 0.565. The SMILES string of the molecule is CCOC(=O)c1ccccc1NC(=O)CN1CCC(c2nn(CCOC)c(=O)n2CC)CC1. The first-order chi connectivity index (χ1) is 16.0. The van der Waals surface area contributed by atoms with Crippen molar-refractivity contribution in [2.75, 3.05) is 45.3 Å². The number of para-hydroxylation sites is 1. The normalized spacial score (nSPS) is 14.9. The van der Waals surface area contributed by atoms with E-state index in [1.165, 1.54) is 4.68 Å². The molecule has 180 valence electrons. The lowest BCUT2D eigenvalue weighted by atomic mass is 9.96. The molecule has 10 heteroatoms. The molecule has 2 heterocycles. The lowest BCUT2D eigenvalue weighted by Gasteiger charge is -2.31. The highest BCUT2D eigenvalue weighted by Gasteiger charge is 2.27. The molecule has 10 nitrogen and oxygen atoms in total. The van der Waals surface area contributed by atoms with Gasteiger partial charge in [-0.05, 0) is 51.9 Å². The van der Waals surface area contributed by atoms with Gasteiger partial charge in [0.15, 0.2) is 0 Å². The van der Waals surface area contributed by atoms with Crippen molar-refractivity contribution in [1.82, 2.24) is 19.2 Å². The van der Waals surface area contributed by atoms with Crippen LogP contribution in [-0.4, -0.2) is 71.1 Å². The van der Waals surface area contributed by atoms with Gasteiger partial charge >= 0.3 is 11.7 Å². The van der Waals surface area contributed by atoms with Crippen LogP contribution in [0.4, 0.5) is 5.69 Å². The van der Waals surface area contributed by atoms with Gasteiger partial charge < -0.3 is 14.8 Å². The molecule has 1 aromatic carbocycles. The number of benzene rings is 1. The molecule has 0 bridgehead atoms. The summed E-state index contributed by atoms with van der Waals surface area (Å²) in [6.45, 7) is 7.08. The predicted octanol–water partition coefficient (Wildman–Crippen LogP) is 1.71. The van der Waals surface area contributed by atoms with E-state index in [9.17, 15) is 14.4 Å². The van der Waals surface area contributed by atoms with E-state index in [4.69, 9.17) is 9.47 Å². The van der Waals surface area contributed by atoms with E-state index in [1.54, 1.807) is 42.9 Å². The lowest BCUT2D eigenvalue weighted by Crippen LogP contribution is -2.39. The number of aromatic nitrogens is 3. The summed E-state index contributed by atoms with van der Waals surface area (Å²) in [4.78, 5) is 39.4. The average Bonchev–Trinajstić information content (AvgIpc) is 3.13. The number of anilines is 1. The lowest BCUT2D eigenvalue weighted by molar-refractivity contribution is -0.117. The van der Waals surface area contributed by atoms with Crippen LogP contribution in [0.15, 0.2) is 29.1 Å². The van der Waals surface area contributed by atoms with Gasteiger partial charge in [0.2, 0.25) is 5.91 Å². The zero-order chi connectivity index (χ0) is 23.8. The van der Waals surface area contributed by atoms with Gasteiger partial charge in [0.05, 0.1) is 37.6 Å². The third-order valence-corrected chi connectivity index (χ3v) is 5.79. The topological polar surface area (TPSA) is 108 Å². The number of hydrogen-bond donors (Lipinski definition) is 1. The van der Waals surface area contributed by atoms with E-state index in [1.807, 2.05) is 6.92 Å². The van der Waals surface area contributed by atoms with Crippen molar-refractivity contribution < 1.29 is 19.1 Å². The van der Waals surface area contributed by atoms with Crippen molar-refractivity contribution in [3.05, 3.63) is 46.1 Å². The van der Waals surface area contributed by atoms with E-state index in [0.717, 1.165) is 31.8 Å². The van der Waals surface area contributed by atoms with Crippen LogP contribution in [0, 0.1) is 0 Å². The number of hydrogen-bond acceptors (Lipinski definition) is 7. The number of carbonyl (C=O) groups excluding carboxylic acids is 2. The number of rotatable bonds is 10. The molecule has 33 heavy (non-hydrogen) atoms. The summed E-state index contributed by atoms with van der Waals surface area (Å²) in [5, 5.41) is 7.40. The Morgan fingerprint density at radius 2 is 1.91 bits per heavy atom. The van der Waals surface area contributed by atoms with Crippen LogP contribution in [0.1, 0.15) is 48.8 Å². The van der Waals surface area contributed by atoms with E-state index >= 15 is 0 Å². The molecular weight excluding hydrogens is 426 g/mol. The van der Waals surface area contributed by atoms with Gasteiger partial charge in [-0.15, -0.1) is 0 Å². The molecule has 1 aliphatic heterocycles. The molecule has 0 unspecified atom stereocenters. The monoisotopic (exact) mass is 459 g/mol. The van der Waals surface area contributed by atoms with Crippen molar-refractivity contribution in [2.24, 2.45) is 0 Å². The summed E-state index contributed by atoms with van der Waals surface area (Å²) >= 11 is 0. The number of esters is 1. The number of ether oxygens (including phenoxy) is 2. The molecule has 3 rings (SSSR count). The Morgan fingerprint density at radius 1 is 1.18 bits per heavy atom.